The summed E-state index contributed by atoms with van der Waals surface area (Å²) in [6.07, 6.45) is 3.70. The van der Waals surface area contributed by atoms with Crippen molar-refractivity contribution in [2.45, 2.75) is 37.6 Å². The van der Waals surface area contributed by atoms with Crippen LogP contribution in [0.15, 0.2) is 58.8 Å². The van der Waals surface area contributed by atoms with Gasteiger partial charge in [-0.3, -0.25) is 0 Å². The number of aryl methyl sites for hydroxylation is 2. The van der Waals surface area contributed by atoms with E-state index >= 15 is 0 Å². The highest BCUT2D eigenvalue weighted by Gasteiger charge is 2.11. The number of benzene rings is 2. The van der Waals surface area contributed by atoms with Crippen molar-refractivity contribution in [2.75, 3.05) is 0 Å². The van der Waals surface area contributed by atoms with Crippen LogP contribution in [0.25, 0.3) is 0 Å². The van der Waals surface area contributed by atoms with Gasteiger partial charge in [0.25, 0.3) is 0 Å². The molecule has 0 radical (unpaired) electrons. The fraction of sp³-hybridized carbons (Fsp3) is 0.250. The smallest absolute Gasteiger partial charge is 0.191 e. The Kier molecular flexibility index (Phi) is 6.47. The van der Waals surface area contributed by atoms with Crippen LogP contribution in [-0.2, 0) is 12.2 Å². The topological polar surface area (TPSA) is 43.1 Å². The van der Waals surface area contributed by atoms with Crippen LogP contribution >= 0.6 is 23.4 Å². The summed E-state index contributed by atoms with van der Waals surface area (Å²) < 4.78 is 1.85. The molecule has 0 spiro atoms. The molecule has 134 valence electrons. The third-order valence-corrected chi connectivity index (χ3v) is 5.07. The second kappa shape index (κ2) is 9.01. The zero-order valence-corrected chi connectivity index (χ0v) is 16.5. The first-order chi connectivity index (χ1) is 12.7. The van der Waals surface area contributed by atoms with Crippen LogP contribution in [0.2, 0.25) is 5.02 Å². The first-order valence-electron chi connectivity index (χ1n) is 8.58. The van der Waals surface area contributed by atoms with Gasteiger partial charge in [-0.1, -0.05) is 72.2 Å². The molecule has 0 aliphatic heterocycles. The molecule has 0 saturated heterocycles. The van der Waals surface area contributed by atoms with Crippen molar-refractivity contribution in [3.05, 3.63) is 76.1 Å². The molecule has 0 N–H and O–H groups in total. The Bertz CT molecular complexity index is 870. The molecule has 6 heteroatoms. The molecule has 0 unspecified atom stereocenters. The van der Waals surface area contributed by atoms with Crippen molar-refractivity contribution in [3.63, 3.8) is 0 Å². The van der Waals surface area contributed by atoms with Crippen LogP contribution in [-0.4, -0.2) is 21.1 Å². The SMILES string of the molecule is CCCc1nnc(SCc2ccc(Cl)cc2)n1/N=C\c1ccc(C)cc1. The summed E-state index contributed by atoms with van der Waals surface area (Å²) in [5.41, 5.74) is 3.48. The molecular formula is C20H21ClN4S. The lowest BCUT2D eigenvalue weighted by atomic mass is 10.2. The lowest BCUT2D eigenvalue weighted by Gasteiger charge is -2.04. The predicted octanol–water partition coefficient (Wildman–Crippen LogP) is 5.37. The van der Waals surface area contributed by atoms with Crippen LogP contribution in [0.4, 0.5) is 0 Å². The van der Waals surface area contributed by atoms with Gasteiger partial charge in [-0.2, -0.15) is 9.78 Å². The highest BCUT2D eigenvalue weighted by molar-refractivity contribution is 7.98. The first kappa shape index (κ1) is 18.7. The number of hydrogen-bond acceptors (Lipinski definition) is 4. The molecule has 0 aliphatic carbocycles. The van der Waals surface area contributed by atoms with Gasteiger partial charge in [-0.15, -0.1) is 10.2 Å². The van der Waals surface area contributed by atoms with Gasteiger partial charge in [0, 0.05) is 17.2 Å². The summed E-state index contributed by atoms with van der Waals surface area (Å²) in [5.74, 6) is 1.68. The van der Waals surface area contributed by atoms with Gasteiger partial charge in [-0.25, -0.2) is 0 Å². The van der Waals surface area contributed by atoms with Crippen LogP contribution in [0, 0.1) is 6.92 Å². The van der Waals surface area contributed by atoms with Crippen molar-refractivity contribution in [1.82, 2.24) is 14.9 Å². The number of hydrogen-bond donors (Lipinski definition) is 0. The summed E-state index contributed by atoms with van der Waals surface area (Å²) in [5, 5.41) is 14.8. The predicted molar refractivity (Wildman–Crippen MR) is 109 cm³/mol. The third kappa shape index (κ3) is 4.96. The summed E-state index contributed by atoms with van der Waals surface area (Å²) in [6, 6.07) is 16.1. The standard InChI is InChI=1S/C20H21ClN4S/c1-3-4-19-23-24-20(26-14-17-9-11-18(21)12-10-17)25(19)22-13-16-7-5-15(2)6-8-16/h5-13H,3-4,14H2,1-2H3/b22-13-. The number of halogens is 1. The van der Waals surface area contributed by atoms with Gasteiger partial charge >= 0.3 is 0 Å². The maximum atomic E-state index is 5.95. The van der Waals surface area contributed by atoms with E-state index in [1.807, 2.05) is 35.2 Å². The molecule has 0 aliphatic rings. The van der Waals surface area contributed by atoms with Gasteiger partial charge in [0.15, 0.2) is 5.82 Å². The Hall–Kier alpha value is -2.11. The van der Waals surface area contributed by atoms with E-state index in [0.717, 1.165) is 40.2 Å². The minimum atomic E-state index is 0.745. The van der Waals surface area contributed by atoms with E-state index in [-0.39, 0.29) is 0 Å². The number of thioether (sulfide) groups is 1. The first-order valence-corrected chi connectivity index (χ1v) is 9.94. The van der Waals surface area contributed by atoms with E-state index in [0.29, 0.717) is 0 Å². The Balaban J connectivity index is 1.79. The molecule has 0 atom stereocenters. The Morgan fingerprint density at radius 2 is 1.81 bits per heavy atom. The summed E-state index contributed by atoms with van der Waals surface area (Å²) in [4.78, 5) is 0. The maximum absolute atomic E-state index is 5.95. The fourth-order valence-corrected chi connectivity index (χ4v) is 3.37. The van der Waals surface area contributed by atoms with Crippen LogP contribution in [0.1, 0.15) is 35.9 Å². The van der Waals surface area contributed by atoms with E-state index in [2.05, 4.69) is 53.4 Å². The second-order valence-corrected chi connectivity index (χ2v) is 7.41. The van der Waals surface area contributed by atoms with Gasteiger partial charge in [0.05, 0.1) is 6.21 Å². The van der Waals surface area contributed by atoms with Gasteiger partial charge < -0.3 is 0 Å². The maximum Gasteiger partial charge on any atom is 0.212 e. The zero-order chi connectivity index (χ0) is 18.4. The number of nitrogens with zero attached hydrogens (tertiary/aromatic N) is 4. The number of aromatic nitrogens is 3. The van der Waals surface area contributed by atoms with Crippen LogP contribution in [0.5, 0.6) is 0 Å². The Morgan fingerprint density at radius 1 is 1.08 bits per heavy atom. The highest BCUT2D eigenvalue weighted by atomic mass is 35.5. The molecule has 0 saturated carbocycles. The quantitative estimate of drug-likeness (QED) is 0.406. The molecule has 4 nitrogen and oxygen atoms in total. The van der Waals surface area contributed by atoms with E-state index in [4.69, 9.17) is 11.6 Å². The Morgan fingerprint density at radius 3 is 2.50 bits per heavy atom. The minimum absolute atomic E-state index is 0.745. The van der Waals surface area contributed by atoms with Gasteiger partial charge in [0.2, 0.25) is 5.16 Å². The van der Waals surface area contributed by atoms with Gasteiger partial charge in [0.1, 0.15) is 0 Å². The molecule has 0 amide bonds. The van der Waals surface area contributed by atoms with Crippen molar-refractivity contribution >= 4 is 29.6 Å². The molecule has 2 aromatic carbocycles. The van der Waals surface area contributed by atoms with Crippen LogP contribution < -0.4 is 0 Å². The normalized spacial score (nSPS) is 11.3. The molecular weight excluding hydrogens is 364 g/mol. The van der Waals surface area contributed by atoms with Crippen molar-refractivity contribution in [1.29, 1.82) is 0 Å². The molecule has 0 bridgehead atoms. The second-order valence-electron chi connectivity index (χ2n) is 6.03. The molecule has 1 heterocycles. The largest absolute Gasteiger partial charge is 0.212 e. The summed E-state index contributed by atoms with van der Waals surface area (Å²) in [7, 11) is 0. The number of rotatable bonds is 7. The van der Waals surface area contributed by atoms with E-state index < -0.39 is 0 Å². The van der Waals surface area contributed by atoms with E-state index in [1.165, 1.54) is 11.1 Å². The Labute approximate surface area is 163 Å². The third-order valence-electron chi connectivity index (χ3n) is 3.83. The average Bonchev–Trinajstić information content (AvgIpc) is 3.03. The average molecular weight is 385 g/mol. The molecule has 0 fully saturated rings. The van der Waals surface area contributed by atoms with E-state index in [9.17, 15) is 0 Å². The highest BCUT2D eigenvalue weighted by Crippen LogP contribution is 2.23. The fourth-order valence-electron chi connectivity index (χ4n) is 2.39. The zero-order valence-electron chi connectivity index (χ0n) is 14.9. The lowest BCUT2D eigenvalue weighted by Crippen LogP contribution is -2.00. The molecule has 26 heavy (non-hydrogen) atoms. The van der Waals surface area contributed by atoms with Crippen molar-refractivity contribution in [3.8, 4) is 0 Å². The van der Waals surface area contributed by atoms with Gasteiger partial charge in [-0.05, 0) is 36.6 Å². The monoisotopic (exact) mass is 384 g/mol. The summed E-state index contributed by atoms with van der Waals surface area (Å²) >= 11 is 7.57. The minimum Gasteiger partial charge on any atom is -0.191 e. The molecule has 3 rings (SSSR count). The van der Waals surface area contributed by atoms with Crippen LogP contribution in [0.3, 0.4) is 0 Å². The molecule has 3 aromatic rings. The summed E-state index contributed by atoms with van der Waals surface area (Å²) in [6.45, 7) is 4.20. The van der Waals surface area contributed by atoms with Crippen molar-refractivity contribution in [2.24, 2.45) is 5.10 Å². The lowest BCUT2D eigenvalue weighted by molar-refractivity contribution is 0.700. The van der Waals surface area contributed by atoms with Crippen molar-refractivity contribution < 1.29 is 0 Å². The molecule has 1 aromatic heterocycles. The van der Waals surface area contributed by atoms with E-state index in [1.54, 1.807) is 11.8 Å².